The summed E-state index contributed by atoms with van der Waals surface area (Å²) in [4.78, 5) is 21.3. The van der Waals surface area contributed by atoms with Crippen LogP contribution in [-0.4, -0.2) is 35.4 Å². The highest BCUT2D eigenvalue weighted by atomic mass is 16.2. The van der Waals surface area contributed by atoms with E-state index < -0.39 is 0 Å². The van der Waals surface area contributed by atoms with Gasteiger partial charge in [-0.25, -0.2) is 0 Å². The summed E-state index contributed by atoms with van der Waals surface area (Å²) >= 11 is 0. The van der Waals surface area contributed by atoms with Gasteiger partial charge < -0.3 is 9.80 Å². The fraction of sp³-hybridized carbons (Fsp3) is 0.429. The number of benzene rings is 1. The highest BCUT2D eigenvalue weighted by Gasteiger charge is 2.23. The SMILES string of the molecule is CCN(c1cccc(C)c1)c1ccnc(C(=O)N2CCC(C)CC2)c1. The van der Waals surface area contributed by atoms with Crippen LogP contribution in [0.2, 0.25) is 0 Å². The monoisotopic (exact) mass is 337 g/mol. The molecule has 1 aliphatic rings. The van der Waals surface area contributed by atoms with Gasteiger partial charge in [0.15, 0.2) is 0 Å². The van der Waals surface area contributed by atoms with Crippen molar-refractivity contribution in [3.8, 4) is 0 Å². The Morgan fingerprint density at radius 1 is 1.20 bits per heavy atom. The molecule has 1 aromatic carbocycles. The zero-order valence-corrected chi connectivity index (χ0v) is 15.4. The lowest BCUT2D eigenvalue weighted by Gasteiger charge is -2.30. The molecule has 1 fully saturated rings. The predicted molar refractivity (Wildman–Crippen MR) is 102 cm³/mol. The summed E-state index contributed by atoms with van der Waals surface area (Å²) in [7, 11) is 0. The fourth-order valence-corrected chi connectivity index (χ4v) is 3.39. The minimum Gasteiger partial charge on any atom is -0.342 e. The van der Waals surface area contributed by atoms with Gasteiger partial charge in [0.1, 0.15) is 5.69 Å². The van der Waals surface area contributed by atoms with E-state index in [1.165, 1.54) is 5.56 Å². The minimum atomic E-state index is 0.0500. The average Bonchev–Trinajstić information content (AvgIpc) is 2.63. The van der Waals surface area contributed by atoms with Crippen molar-refractivity contribution in [1.29, 1.82) is 0 Å². The maximum Gasteiger partial charge on any atom is 0.272 e. The van der Waals surface area contributed by atoms with Gasteiger partial charge in [-0.1, -0.05) is 19.1 Å². The van der Waals surface area contributed by atoms with Crippen LogP contribution < -0.4 is 4.90 Å². The maximum absolute atomic E-state index is 12.8. The molecule has 1 aliphatic heterocycles. The van der Waals surface area contributed by atoms with Crippen LogP contribution in [0.4, 0.5) is 11.4 Å². The van der Waals surface area contributed by atoms with Crippen LogP contribution in [0.15, 0.2) is 42.6 Å². The third kappa shape index (κ3) is 4.01. The van der Waals surface area contributed by atoms with Gasteiger partial charge in [-0.15, -0.1) is 0 Å². The summed E-state index contributed by atoms with van der Waals surface area (Å²) in [5.41, 5.74) is 3.91. The number of pyridine rings is 1. The number of aromatic nitrogens is 1. The van der Waals surface area contributed by atoms with E-state index in [1.807, 2.05) is 17.0 Å². The van der Waals surface area contributed by atoms with Crippen molar-refractivity contribution in [1.82, 2.24) is 9.88 Å². The molecule has 0 atom stereocenters. The molecule has 0 radical (unpaired) electrons. The Hall–Kier alpha value is -2.36. The first kappa shape index (κ1) is 17.5. The molecule has 0 bridgehead atoms. The van der Waals surface area contributed by atoms with Crippen molar-refractivity contribution in [3.05, 3.63) is 53.9 Å². The molecular weight excluding hydrogens is 310 g/mol. The molecule has 0 N–H and O–H groups in total. The molecule has 0 saturated carbocycles. The Morgan fingerprint density at radius 2 is 1.92 bits per heavy atom. The van der Waals surface area contributed by atoms with E-state index >= 15 is 0 Å². The van der Waals surface area contributed by atoms with Crippen molar-refractivity contribution in [2.75, 3.05) is 24.5 Å². The largest absolute Gasteiger partial charge is 0.342 e. The van der Waals surface area contributed by atoms with Crippen molar-refractivity contribution in [2.24, 2.45) is 5.92 Å². The quantitative estimate of drug-likeness (QED) is 0.828. The van der Waals surface area contributed by atoms with Gasteiger partial charge in [0.2, 0.25) is 0 Å². The van der Waals surface area contributed by atoms with Crippen molar-refractivity contribution >= 4 is 17.3 Å². The Labute approximate surface area is 150 Å². The van der Waals surface area contributed by atoms with Gasteiger partial charge in [0, 0.05) is 37.2 Å². The number of aryl methyl sites for hydroxylation is 1. The molecule has 25 heavy (non-hydrogen) atoms. The van der Waals surface area contributed by atoms with Gasteiger partial charge in [0.25, 0.3) is 5.91 Å². The number of anilines is 2. The third-order valence-electron chi connectivity index (χ3n) is 4.97. The van der Waals surface area contributed by atoms with Crippen LogP contribution in [0.25, 0.3) is 0 Å². The number of rotatable bonds is 4. The van der Waals surface area contributed by atoms with Gasteiger partial charge in [-0.3, -0.25) is 9.78 Å². The molecule has 2 aromatic rings. The third-order valence-corrected chi connectivity index (χ3v) is 4.97. The first-order valence-electron chi connectivity index (χ1n) is 9.18. The summed E-state index contributed by atoms with van der Waals surface area (Å²) in [5.74, 6) is 0.759. The Morgan fingerprint density at radius 3 is 2.60 bits per heavy atom. The second kappa shape index (κ2) is 7.68. The first-order chi connectivity index (χ1) is 12.1. The highest BCUT2D eigenvalue weighted by Crippen LogP contribution is 2.26. The Bertz CT molecular complexity index is 735. The number of carbonyl (C=O) groups is 1. The maximum atomic E-state index is 12.8. The molecule has 2 heterocycles. The molecular formula is C21H27N3O. The molecule has 4 nitrogen and oxygen atoms in total. The highest BCUT2D eigenvalue weighted by molar-refractivity contribution is 5.93. The van der Waals surface area contributed by atoms with E-state index in [-0.39, 0.29) is 5.91 Å². The number of hydrogen-bond donors (Lipinski definition) is 0. The zero-order valence-electron chi connectivity index (χ0n) is 15.4. The summed E-state index contributed by atoms with van der Waals surface area (Å²) < 4.78 is 0. The van der Waals surface area contributed by atoms with Gasteiger partial charge in [-0.2, -0.15) is 0 Å². The lowest BCUT2D eigenvalue weighted by molar-refractivity contribution is 0.0691. The lowest BCUT2D eigenvalue weighted by Crippen LogP contribution is -2.38. The number of amides is 1. The number of piperidine rings is 1. The van der Waals surface area contributed by atoms with E-state index in [9.17, 15) is 4.79 Å². The molecule has 0 spiro atoms. The van der Waals surface area contributed by atoms with E-state index in [4.69, 9.17) is 0 Å². The molecule has 3 rings (SSSR count). The number of carbonyl (C=O) groups excluding carboxylic acids is 1. The van der Waals surface area contributed by atoms with Crippen LogP contribution >= 0.6 is 0 Å². The van der Waals surface area contributed by atoms with E-state index in [1.54, 1.807) is 6.20 Å². The molecule has 0 unspecified atom stereocenters. The average molecular weight is 337 g/mol. The van der Waals surface area contributed by atoms with Crippen LogP contribution in [0.5, 0.6) is 0 Å². The van der Waals surface area contributed by atoms with Crippen molar-refractivity contribution in [2.45, 2.75) is 33.6 Å². The van der Waals surface area contributed by atoms with Crippen LogP contribution in [0.3, 0.4) is 0 Å². The van der Waals surface area contributed by atoms with Gasteiger partial charge in [0.05, 0.1) is 0 Å². The summed E-state index contributed by atoms with van der Waals surface area (Å²) in [6.45, 7) is 8.97. The lowest BCUT2D eigenvalue weighted by atomic mass is 9.99. The van der Waals surface area contributed by atoms with Crippen molar-refractivity contribution < 1.29 is 4.79 Å². The normalized spacial score (nSPS) is 15.2. The zero-order chi connectivity index (χ0) is 17.8. The summed E-state index contributed by atoms with van der Waals surface area (Å²) in [6, 6.07) is 12.3. The van der Waals surface area contributed by atoms with Crippen LogP contribution in [-0.2, 0) is 0 Å². The Balaban J connectivity index is 1.84. The molecule has 0 aliphatic carbocycles. The molecule has 1 saturated heterocycles. The van der Waals surface area contributed by atoms with Gasteiger partial charge >= 0.3 is 0 Å². The second-order valence-corrected chi connectivity index (χ2v) is 6.96. The number of nitrogens with zero attached hydrogens (tertiary/aromatic N) is 3. The molecule has 4 heteroatoms. The molecule has 1 amide bonds. The van der Waals surface area contributed by atoms with E-state index in [0.29, 0.717) is 11.6 Å². The summed E-state index contributed by atoms with van der Waals surface area (Å²) in [6.07, 6.45) is 3.90. The van der Waals surface area contributed by atoms with Crippen LogP contribution in [0, 0.1) is 12.8 Å². The van der Waals surface area contributed by atoms with E-state index in [0.717, 1.165) is 43.9 Å². The fourth-order valence-electron chi connectivity index (χ4n) is 3.39. The van der Waals surface area contributed by atoms with Gasteiger partial charge in [-0.05, 0) is 62.4 Å². The van der Waals surface area contributed by atoms with Crippen LogP contribution in [0.1, 0.15) is 42.7 Å². The first-order valence-corrected chi connectivity index (χ1v) is 9.18. The predicted octanol–water partition coefficient (Wildman–Crippen LogP) is 4.42. The van der Waals surface area contributed by atoms with Crippen molar-refractivity contribution in [3.63, 3.8) is 0 Å². The Kier molecular flexibility index (Phi) is 5.37. The standard InChI is InChI=1S/C21H27N3O/c1-4-24(18-7-5-6-17(3)14-18)19-8-11-22-20(15-19)21(25)23-12-9-16(2)10-13-23/h5-8,11,14-16H,4,9-10,12-13H2,1-3H3. The minimum absolute atomic E-state index is 0.0500. The van der Waals surface area contributed by atoms with E-state index in [2.05, 4.69) is 54.9 Å². The smallest absolute Gasteiger partial charge is 0.272 e. The number of likely N-dealkylation sites (tertiary alicyclic amines) is 1. The second-order valence-electron chi connectivity index (χ2n) is 6.96. The topological polar surface area (TPSA) is 36.4 Å². The number of hydrogen-bond acceptors (Lipinski definition) is 3. The molecule has 1 aromatic heterocycles. The summed E-state index contributed by atoms with van der Waals surface area (Å²) in [5, 5.41) is 0. The molecule has 132 valence electrons.